The van der Waals surface area contributed by atoms with Gasteiger partial charge >= 0.3 is 0 Å². The van der Waals surface area contributed by atoms with Crippen molar-refractivity contribution < 1.29 is 13.9 Å². The van der Waals surface area contributed by atoms with Crippen LogP contribution in [0.5, 0.6) is 5.75 Å². The first kappa shape index (κ1) is 16.1. The van der Waals surface area contributed by atoms with Gasteiger partial charge in [0.2, 0.25) is 5.91 Å². The van der Waals surface area contributed by atoms with Crippen molar-refractivity contribution in [3.63, 3.8) is 0 Å². The number of hydrogen-bond acceptors (Lipinski definition) is 4. The van der Waals surface area contributed by atoms with Gasteiger partial charge in [0.1, 0.15) is 17.9 Å². The van der Waals surface area contributed by atoms with Gasteiger partial charge in [-0.15, -0.1) is 0 Å². The lowest BCUT2D eigenvalue weighted by Crippen LogP contribution is -2.27. The summed E-state index contributed by atoms with van der Waals surface area (Å²) in [6.07, 6.45) is 1.81. The second-order valence-corrected chi connectivity index (χ2v) is 5.44. The summed E-state index contributed by atoms with van der Waals surface area (Å²) in [5, 5.41) is 2.85. The lowest BCUT2D eigenvalue weighted by Gasteiger charge is -2.07. The summed E-state index contributed by atoms with van der Waals surface area (Å²) in [6, 6.07) is 17.2. The molecular formula is C19H20N2O3. The van der Waals surface area contributed by atoms with Gasteiger partial charge in [-0.05, 0) is 30.7 Å². The number of fused-ring (bicyclic) bond motifs is 1. The van der Waals surface area contributed by atoms with Crippen LogP contribution in [0.2, 0.25) is 0 Å². The smallest absolute Gasteiger partial charge is 0.220 e. The Morgan fingerprint density at radius 3 is 2.71 bits per heavy atom. The number of nitrogens with zero attached hydrogens (tertiary/aromatic N) is 1. The van der Waals surface area contributed by atoms with E-state index in [-0.39, 0.29) is 5.91 Å². The molecule has 5 heteroatoms. The summed E-state index contributed by atoms with van der Waals surface area (Å²) in [7, 11) is 0. The van der Waals surface area contributed by atoms with Crippen LogP contribution in [0.25, 0.3) is 11.1 Å². The van der Waals surface area contributed by atoms with Crippen molar-refractivity contribution in [3.8, 4) is 5.75 Å². The van der Waals surface area contributed by atoms with Crippen molar-refractivity contribution in [2.75, 3.05) is 13.2 Å². The molecule has 0 radical (unpaired) electrons. The summed E-state index contributed by atoms with van der Waals surface area (Å²) in [4.78, 5) is 16.2. The van der Waals surface area contributed by atoms with Crippen LogP contribution in [0.1, 0.15) is 18.7 Å². The molecule has 1 amide bonds. The molecule has 0 aliphatic rings. The number of para-hydroxylation sites is 3. The van der Waals surface area contributed by atoms with Gasteiger partial charge in [-0.3, -0.25) is 4.79 Å². The van der Waals surface area contributed by atoms with Gasteiger partial charge in [0.05, 0.1) is 6.54 Å². The van der Waals surface area contributed by atoms with Crippen LogP contribution in [0, 0.1) is 0 Å². The number of benzene rings is 2. The molecule has 0 saturated carbocycles. The Bertz CT molecular complexity index is 750. The van der Waals surface area contributed by atoms with Crippen LogP contribution in [0.4, 0.5) is 0 Å². The van der Waals surface area contributed by atoms with E-state index in [2.05, 4.69) is 10.3 Å². The number of amides is 1. The quantitative estimate of drug-likeness (QED) is 0.645. The van der Waals surface area contributed by atoms with Gasteiger partial charge in [0.25, 0.3) is 0 Å². The zero-order chi connectivity index (χ0) is 16.6. The fourth-order valence-corrected chi connectivity index (χ4v) is 2.39. The molecule has 0 unspecified atom stereocenters. The molecule has 0 fully saturated rings. The molecule has 0 bridgehead atoms. The fraction of sp³-hybridized carbons (Fsp3) is 0.263. The second-order valence-electron chi connectivity index (χ2n) is 5.44. The summed E-state index contributed by atoms with van der Waals surface area (Å²) in [5.41, 5.74) is 1.64. The fourth-order valence-electron chi connectivity index (χ4n) is 2.39. The Kier molecular flexibility index (Phi) is 5.45. The molecule has 1 aromatic heterocycles. The van der Waals surface area contributed by atoms with E-state index >= 15 is 0 Å². The first-order chi connectivity index (χ1) is 11.8. The van der Waals surface area contributed by atoms with Crippen molar-refractivity contribution in [2.45, 2.75) is 19.3 Å². The number of hydrogen-bond donors (Lipinski definition) is 1. The highest BCUT2D eigenvalue weighted by molar-refractivity contribution is 5.75. The van der Waals surface area contributed by atoms with Crippen molar-refractivity contribution in [3.05, 3.63) is 60.5 Å². The lowest BCUT2D eigenvalue weighted by atomic mass is 10.2. The van der Waals surface area contributed by atoms with Gasteiger partial charge in [-0.25, -0.2) is 4.98 Å². The highest BCUT2D eigenvalue weighted by Crippen LogP contribution is 2.16. The van der Waals surface area contributed by atoms with Crippen molar-refractivity contribution >= 4 is 17.0 Å². The average molecular weight is 324 g/mol. The molecule has 3 aromatic rings. The van der Waals surface area contributed by atoms with Crippen LogP contribution in [-0.2, 0) is 11.2 Å². The largest absolute Gasteiger partial charge is 0.492 e. The molecule has 1 heterocycles. The maximum atomic E-state index is 11.8. The summed E-state index contributed by atoms with van der Waals surface area (Å²) in [6.45, 7) is 0.956. The Balaban J connectivity index is 1.32. The normalized spacial score (nSPS) is 10.7. The molecule has 24 heavy (non-hydrogen) atoms. The summed E-state index contributed by atoms with van der Waals surface area (Å²) in [5.74, 6) is 1.50. The third-order valence-electron chi connectivity index (χ3n) is 3.57. The molecule has 0 aliphatic heterocycles. The van der Waals surface area contributed by atoms with Gasteiger partial charge in [-0.1, -0.05) is 30.3 Å². The van der Waals surface area contributed by atoms with E-state index in [4.69, 9.17) is 9.15 Å². The van der Waals surface area contributed by atoms with Gasteiger partial charge in [-0.2, -0.15) is 0 Å². The SMILES string of the molecule is O=C(CCCc1nc2ccccc2o1)NCCOc1ccccc1. The maximum Gasteiger partial charge on any atom is 0.220 e. The molecule has 0 spiro atoms. The summed E-state index contributed by atoms with van der Waals surface area (Å²) < 4.78 is 11.2. The Morgan fingerprint density at radius 2 is 1.88 bits per heavy atom. The Labute approximate surface area is 140 Å². The minimum atomic E-state index is 0.0165. The zero-order valence-electron chi connectivity index (χ0n) is 13.4. The van der Waals surface area contributed by atoms with Crippen molar-refractivity contribution in [1.29, 1.82) is 0 Å². The van der Waals surface area contributed by atoms with Crippen LogP contribution in [0.15, 0.2) is 59.0 Å². The number of aryl methyl sites for hydroxylation is 1. The van der Waals surface area contributed by atoms with Crippen LogP contribution < -0.4 is 10.1 Å². The summed E-state index contributed by atoms with van der Waals surface area (Å²) >= 11 is 0. The topological polar surface area (TPSA) is 64.4 Å². The Hall–Kier alpha value is -2.82. The molecular weight excluding hydrogens is 304 g/mol. The molecule has 124 valence electrons. The van der Waals surface area contributed by atoms with Crippen LogP contribution >= 0.6 is 0 Å². The van der Waals surface area contributed by atoms with E-state index in [9.17, 15) is 4.79 Å². The number of ether oxygens (including phenoxy) is 1. The predicted molar refractivity (Wildman–Crippen MR) is 91.9 cm³/mol. The number of nitrogens with one attached hydrogen (secondary N) is 1. The first-order valence-electron chi connectivity index (χ1n) is 8.10. The minimum absolute atomic E-state index is 0.0165. The molecule has 3 rings (SSSR count). The maximum absolute atomic E-state index is 11.8. The van der Waals surface area contributed by atoms with Gasteiger partial charge in [0, 0.05) is 12.8 Å². The van der Waals surface area contributed by atoms with E-state index in [0.29, 0.717) is 38.3 Å². The van der Waals surface area contributed by atoms with Crippen molar-refractivity contribution in [2.24, 2.45) is 0 Å². The molecule has 0 atom stereocenters. The average Bonchev–Trinajstić information content (AvgIpc) is 3.02. The number of oxazole rings is 1. The van der Waals surface area contributed by atoms with E-state index in [1.54, 1.807) is 0 Å². The Morgan fingerprint density at radius 1 is 1.08 bits per heavy atom. The third kappa shape index (κ3) is 4.59. The molecule has 2 aromatic carbocycles. The van der Waals surface area contributed by atoms with Crippen LogP contribution in [-0.4, -0.2) is 24.0 Å². The van der Waals surface area contributed by atoms with Gasteiger partial charge < -0.3 is 14.5 Å². The van der Waals surface area contributed by atoms with Gasteiger partial charge in [0.15, 0.2) is 11.5 Å². The zero-order valence-corrected chi connectivity index (χ0v) is 13.4. The molecule has 5 nitrogen and oxygen atoms in total. The number of carbonyl (C=O) groups excluding carboxylic acids is 1. The molecule has 0 saturated heterocycles. The highest BCUT2D eigenvalue weighted by atomic mass is 16.5. The van der Waals surface area contributed by atoms with E-state index in [0.717, 1.165) is 16.8 Å². The highest BCUT2D eigenvalue weighted by Gasteiger charge is 2.06. The van der Waals surface area contributed by atoms with Crippen molar-refractivity contribution in [1.82, 2.24) is 10.3 Å². The van der Waals surface area contributed by atoms with E-state index < -0.39 is 0 Å². The number of aromatic nitrogens is 1. The first-order valence-corrected chi connectivity index (χ1v) is 8.10. The number of carbonyl (C=O) groups is 1. The minimum Gasteiger partial charge on any atom is -0.492 e. The molecule has 1 N–H and O–H groups in total. The number of rotatable bonds is 8. The monoisotopic (exact) mass is 324 g/mol. The lowest BCUT2D eigenvalue weighted by molar-refractivity contribution is -0.121. The molecule has 0 aliphatic carbocycles. The standard InChI is InChI=1S/C19H20N2O3/c22-18(20-13-14-23-15-7-2-1-3-8-15)11-6-12-19-21-16-9-4-5-10-17(16)24-19/h1-5,7-10H,6,11-14H2,(H,20,22). The predicted octanol–water partition coefficient (Wildman–Crippen LogP) is 3.35. The van der Waals surface area contributed by atoms with Crippen LogP contribution in [0.3, 0.4) is 0 Å². The second kappa shape index (κ2) is 8.15. The third-order valence-corrected chi connectivity index (χ3v) is 3.57. The van der Waals surface area contributed by atoms with E-state index in [1.807, 2.05) is 54.6 Å². The van der Waals surface area contributed by atoms with E-state index in [1.165, 1.54) is 0 Å².